The topological polar surface area (TPSA) is 71.7 Å². The van der Waals surface area contributed by atoms with E-state index in [4.69, 9.17) is 9.15 Å². The van der Waals surface area contributed by atoms with Crippen LogP contribution in [0.1, 0.15) is 21.7 Å². The summed E-state index contributed by atoms with van der Waals surface area (Å²) in [5.74, 6) is 0.986. The first-order chi connectivity index (χ1) is 10.1. The first kappa shape index (κ1) is 15.1. The third-order valence-electron chi connectivity index (χ3n) is 3.03. The first-order valence-corrected chi connectivity index (χ1v) is 6.76. The normalized spacial score (nSPS) is 12.0. The number of hydrogen-bond donors (Lipinski definition) is 2. The van der Waals surface area contributed by atoms with Crippen molar-refractivity contribution in [1.29, 1.82) is 0 Å². The zero-order chi connectivity index (χ0) is 15.2. The molecule has 0 bridgehead atoms. The number of nitrogens with one attached hydrogen (secondary N) is 1. The van der Waals surface area contributed by atoms with Crippen molar-refractivity contribution in [2.75, 3.05) is 13.2 Å². The van der Waals surface area contributed by atoms with Gasteiger partial charge in [-0.2, -0.15) is 0 Å². The van der Waals surface area contributed by atoms with Gasteiger partial charge in [0, 0.05) is 6.54 Å². The van der Waals surface area contributed by atoms with Gasteiger partial charge in [0.05, 0.1) is 11.8 Å². The van der Waals surface area contributed by atoms with Gasteiger partial charge in [-0.15, -0.1) is 0 Å². The number of aryl methyl sites for hydroxylation is 2. The Balaban J connectivity index is 1.76. The third-order valence-corrected chi connectivity index (χ3v) is 3.03. The van der Waals surface area contributed by atoms with Crippen LogP contribution in [0.2, 0.25) is 0 Å². The maximum atomic E-state index is 11.8. The Morgan fingerprint density at radius 3 is 2.86 bits per heavy atom. The molecule has 2 aromatic rings. The molecule has 0 radical (unpaired) electrons. The summed E-state index contributed by atoms with van der Waals surface area (Å²) in [5.41, 5.74) is 1.56. The molecule has 0 saturated heterocycles. The smallest absolute Gasteiger partial charge is 0.254 e. The van der Waals surface area contributed by atoms with Gasteiger partial charge in [0.25, 0.3) is 5.91 Å². The molecule has 21 heavy (non-hydrogen) atoms. The maximum Gasteiger partial charge on any atom is 0.254 e. The molecule has 1 aromatic heterocycles. The van der Waals surface area contributed by atoms with E-state index in [1.807, 2.05) is 31.2 Å². The van der Waals surface area contributed by atoms with E-state index in [0.29, 0.717) is 17.1 Å². The Morgan fingerprint density at radius 2 is 2.19 bits per heavy atom. The molecule has 5 heteroatoms. The van der Waals surface area contributed by atoms with Crippen molar-refractivity contribution in [2.24, 2.45) is 0 Å². The number of furan rings is 1. The minimum absolute atomic E-state index is 0.119. The minimum Gasteiger partial charge on any atom is -0.491 e. The van der Waals surface area contributed by atoms with Crippen LogP contribution in [0.3, 0.4) is 0 Å². The van der Waals surface area contributed by atoms with Crippen LogP contribution >= 0.6 is 0 Å². The summed E-state index contributed by atoms with van der Waals surface area (Å²) in [4.78, 5) is 11.8. The number of ether oxygens (including phenoxy) is 1. The predicted octanol–water partition coefficient (Wildman–Crippen LogP) is 2.07. The number of carbonyl (C=O) groups excluding carboxylic acids is 1. The van der Waals surface area contributed by atoms with Crippen molar-refractivity contribution in [3.05, 3.63) is 53.5 Å². The summed E-state index contributed by atoms with van der Waals surface area (Å²) in [6.45, 7) is 3.92. The molecule has 1 atom stereocenters. The average Bonchev–Trinajstić information content (AvgIpc) is 2.89. The Labute approximate surface area is 123 Å². The van der Waals surface area contributed by atoms with Crippen LogP contribution in [0.15, 0.2) is 41.0 Å². The molecular weight excluding hydrogens is 270 g/mol. The van der Waals surface area contributed by atoms with Crippen LogP contribution < -0.4 is 10.1 Å². The zero-order valence-corrected chi connectivity index (χ0v) is 12.1. The Bertz CT molecular complexity index is 606. The van der Waals surface area contributed by atoms with Crippen molar-refractivity contribution < 1.29 is 19.1 Å². The summed E-state index contributed by atoms with van der Waals surface area (Å²) < 4.78 is 10.5. The van der Waals surface area contributed by atoms with Gasteiger partial charge in [0.2, 0.25) is 0 Å². The Morgan fingerprint density at radius 1 is 1.38 bits per heavy atom. The lowest BCUT2D eigenvalue weighted by Crippen LogP contribution is -2.35. The Hall–Kier alpha value is -2.27. The standard InChI is InChI=1S/C16H19NO4/c1-11-4-3-5-14(8-11)21-10-13(18)9-17-16(19)15-6-7-20-12(15)2/h3-8,13,18H,9-10H2,1-2H3,(H,17,19). The van der Waals surface area contributed by atoms with Gasteiger partial charge in [-0.3, -0.25) is 4.79 Å². The van der Waals surface area contributed by atoms with E-state index in [0.717, 1.165) is 5.56 Å². The number of aliphatic hydroxyl groups excluding tert-OH is 1. The Kier molecular flexibility index (Phi) is 5.00. The van der Waals surface area contributed by atoms with Crippen molar-refractivity contribution >= 4 is 5.91 Å². The lowest BCUT2D eigenvalue weighted by Gasteiger charge is -2.13. The van der Waals surface area contributed by atoms with Gasteiger partial charge >= 0.3 is 0 Å². The summed E-state index contributed by atoms with van der Waals surface area (Å²) in [6.07, 6.45) is 0.684. The van der Waals surface area contributed by atoms with E-state index >= 15 is 0 Å². The lowest BCUT2D eigenvalue weighted by molar-refractivity contribution is 0.0842. The SMILES string of the molecule is Cc1cccc(OCC(O)CNC(=O)c2ccoc2C)c1. The third kappa shape index (κ3) is 4.36. The van der Waals surface area contributed by atoms with Gasteiger partial charge < -0.3 is 19.6 Å². The minimum atomic E-state index is -0.776. The van der Waals surface area contributed by atoms with Gasteiger partial charge in [0.1, 0.15) is 24.2 Å². The van der Waals surface area contributed by atoms with E-state index in [-0.39, 0.29) is 19.1 Å². The molecule has 112 valence electrons. The van der Waals surface area contributed by atoms with Crippen LogP contribution in [-0.4, -0.2) is 30.3 Å². The number of carbonyl (C=O) groups is 1. The molecule has 0 spiro atoms. The first-order valence-electron chi connectivity index (χ1n) is 6.76. The highest BCUT2D eigenvalue weighted by Crippen LogP contribution is 2.12. The van der Waals surface area contributed by atoms with E-state index in [1.54, 1.807) is 13.0 Å². The highest BCUT2D eigenvalue weighted by molar-refractivity contribution is 5.95. The van der Waals surface area contributed by atoms with E-state index in [1.165, 1.54) is 6.26 Å². The molecule has 0 saturated carbocycles. The van der Waals surface area contributed by atoms with E-state index < -0.39 is 6.10 Å². The molecule has 1 aromatic carbocycles. The van der Waals surface area contributed by atoms with Crippen LogP contribution in [0, 0.1) is 13.8 Å². The fraction of sp³-hybridized carbons (Fsp3) is 0.312. The fourth-order valence-electron chi connectivity index (χ4n) is 1.88. The number of benzene rings is 1. The number of aliphatic hydroxyl groups is 1. The molecule has 0 aliphatic carbocycles. The second kappa shape index (κ2) is 6.95. The van der Waals surface area contributed by atoms with Crippen molar-refractivity contribution in [2.45, 2.75) is 20.0 Å². The molecule has 2 N–H and O–H groups in total. The zero-order valence-electron chi connectivity index (χ0n) is 12.1. The van der Waals surface area contributed by atoms with Crippen LogP contribution in [-0.2, 0) is 0 Å². The number of rotatable bonds is 6. The monoisotopic (exact) mass is 289 g/mol. The molecule has 5 nitrogen and oxygen atoms in total. The highest BCUT2D eigenvalue weighted by Gasteiger charge is 2.13. The quantitative estimate of drug-likeness (QED) is 0.854. The highest BCUT2D eigenvalue weighted by atomic mass is 16.5. The van der Waals surface area contributed by atoms with Gasteiger partial charge in [-0.05, 0) is 37.6 Å². The van der Waals surface area contributed by atoms with Crippen molar-refractivity contribution in [1.82, 2.24) is 5.32 Å². The van der Waals surface area contributed by atoms with Crippen LogP contribution in [0.25, 0.3) is 0 Å². The van der Waals surface area contributed by atoms with Gasteiger partial charge in [-0.25, -0.2) is 0 Å². The second-order valence-corrected chi connectivity index (χ2v) is 4.88. The molecule has 0 aliphatic heterocycles. The molecule has 2 rings (SSSR count). The second-order valence-electron chi connectivity index (χ2n) is 4.88. The fourth-order valence-corrected chi connectivity index (χ4v) is 1.88. The van der Waals surface area contributed by atoms with E-state index in [2.05, 4.69) is 5.32 Å². The summed E-state index contributed by atoms with van der Waals surface area (Å²) >= 11 is 0. The van der Waals surface area contributed by atoms with Crippen LogP contribution in [0.4, 0.5) is 0 Å². The molecule has 1 amide bonds. The lowest BCUT2D eigenvalue weighted by atomic mass is 10.2. The molecule has 1 unspecified atom stereocenters. The largest absolute Gasteiger partial charge is 0.491 e. The van der Waals surface area contributed by atoms with Gasteiger partial charge in [0.15, 0.2) is 0 Å². The molecule has 0 aliphatic rings. The molecular formula is C16H19NO4. The van der Waals surface area contributed by atoms with Crippen LogP contribution in [0.5, 0.6) is 5.75 Å². The number of hydrogen-bond acceptors (Lipinski definition) is 4. The van der Waals surface area contributed by atoms with E-state index in [9.17, 15) is 9.90 Å². The summed E-state index contributed by atoms with van der Waals surface area (Å²) in [6, 6.07) is 9.17. The number of amides is 1. The van der Waals surface area contributed by atoms with Crippen molar-refractivity contribution in [3.8, 4) is 5.75 Å². The summed E-state index contributed by atoms with van der Waals surface area (Å²) in [7, 11) is 0. The average molecular weight is 289 g/mol. The summed E-state index contributed by atoms with van der Waals surface area (Å²) in [5, 5.41) is 12.5. The molecule has 1 heterocycles. The predicted molar refractivity (Wildman–Crippen MR) is 78.5 cm³/mol. The van der Waals surface area contributed by atoms with Crippen molar-refractivity contribution in [3.63, 3.8) is 0 Å². The maximum absolute atomic E-state index is 11.8. The molecule has 0 fully saturated rings. The van der Waals surface area contributed by atoms with Gasteiger partial charge in [-0.1, -0.05) is 12.1 Å².